The van der Waals surface area contributed by atoms with E-state index in [9.17, 15) is 4.79 Å². The van der Waals surface area contributed by atoms with E-state index in [2.05, 4.69) is 98.8 Å². The van der Waals surface area contributed by atoms with Crippen LogP contribution in [0.15, 0.2) is 96.9 Å². The number of para-hydroxylation sites is 1. The van der Waals surface area contributed by atoms with Gasteiger partial charge in [0.1, 0.15) is 12.8 Å². The second-order valence-corrected chi connectivity index (χ2v) is 11.1. The van der Waals surface area contributed by atoms with Crippen LogP contribution in [0.2, 0.25) is 0 Å². The van der Waals surface area contributed by atoms with Crippen molar-refractivity contribution in [1.82, 2.24) is 4.57 Å². The number of allylic oxidation sites excluding steroid dienone is 4. The fourth-order valence-electron chi connectivity index (χ4n) is 6.29. The molecular weight excluding hydrogens is 492 g/mol. The molecule has 1 aliphatic carbocycles. The van der Waals surface area contributed by atoms with Gasteiger partial charge in [-0.25, -0.2) is 0 Å². The summed E-state index contributed by atoms with van der Waals surface area (Å²) in [6, 6.07) is 20.7. The Morgan fingerprint density at radius 2 is 1.75 bits per heavy atom. The van der Waals surface area contributed by atoms with Gasteiger partial charge in [0.15, 0.2) is 5.71 Å². The molecule has 1 aliphatic heterocycles. The first kappa shape index (κ1) is 25.6. The molecule has 6 rings (SSSR count). The van der Waals surface area contributed by atoms with Gasteiger partial charge in [0.2, 0.25) is 11.5 Å². The van der Waals surface area contributed by atoms with Crippen molar-refractivity contribution in [3.63, 3.8) is 0 Å². The number of ether oxygens (including phenoxy) is 1. The summed E-state index contributed by atoms with van der Waals surface area (Å²) in [4.78, 5) is 13.9. The molecule has 4 aromatic rings. The van der Waals surface area contributed by atoms with Gasteiger partial charge >= 0.3 is 0 Å². The summed E-state index contributed by atoms with van der Waals surface area (Å²) in [6.07, 6.45) is 7.88. The predicted octanol–water partition coefficient (Wildman–Crippen LogP) is 5.89. The lowest BCUT2D eigenvalue weighted by atomic mass is 9.76. The van der Waals surface area contributed by atoms with Crippen molar-refractivity contribution in [3.8, 4) is 5.69 Å². The minimum absolute atomic E-state index is 0.00737. The molecule has 40 heavy (non-hydrogen) atoms. The highest BCUT2D eigenvalue weighted by Gasteiger charge is 2.46. The number of fused-ring (bicyclic) bond motifs is 2. The third-order valence-corrected chi connectivity index (χ3v) is 8.31. The second kappa shape index (κ2) is 9.20. The Bertz CT molecular complexity index is 1960. The lowest BCUT2D eigenvalue weighted by Gasteiger charge is -2.25. The van der Waals surface area contributed by atoms with Crippen LogP contribution in [0, 0.1) is 6.92 Å². The summed E-state index contributed by atoms with van der Waals surface area (Å²) in [5.74, 6) is 0.618. The highest BCUT2D eigenvalue weighted by molar-refractivity contribution is 6.41. The first-order chi connectivity index (χ1) is 19.2. The van der Waals surface area contributed by atoms with Crippen molar-refractivity contribution in [2.24, 2.45) is 0 Å². The summed E-state index contributed by atoms with van der Waals surface area (Å²) in [6.45, 7) is 14.6. The molecule has 0 amide bonds. The lowest BCUT2D eigenvalue weighted by Crippen LogP contribution is -2.37. The normalized spacial score (nSPS) is 17.6. The van der Waals surface area contributed by atoms with Gasteiger partial charge in [-0.15, -0.1) is 0 Å². The van der Waals surface area contributed by atoms with Crippen LogP contribution in [0.3, 0.4) is 0 Å². The smallest absolute Gasteiger partial charge is 0.210 e. The van der Waals surface area contributed by atoms with Crippen LogP contribution < -0.4 is 10.4 Å². The maximum Gasteiger partial charge on any atom is 0.210 e. The van der Waals surface area contributed by atoms with E-state index in [0.29, 0.717) is 16.9 Å². The molecule has 0 spiro atoms. The van der Waals surface area contributed by atoms with Crippen molar-refractivity contribution in [2.75, 3.05) is 14.2 Å². The number of nitrogens with zero attached hydrogens (tertiary/aromatic N) is 2. The SMILES string of the molecule is C=C/C=c1/c2c(ccc1=C)[N+](C)=C(/C=C1\C(=O)C(c3cn(-c4ccc(C)cc4)c4ccccc34)=C1OC)C2(C)C. The molecule has 0 unspecified atom stereocenters. The van der Waals surface area contributed by atoms with Gasteiger partial charge < -0.3 is 9.30 Å². The molecule has 3 aromatic carbocycles. The number of hydrogen-bond donors (Lipinski definition) is 0. The third-order valence-electron chi connectivity index (χ3n) is 8.31. The maximum atomic E-state index is 13.9. The largest absolute Gasteiger partial charge is 0.495 e. The predicted molar refractivity (Wildman–Crippen MR) is 165 cm³/mol. The monoisotopic (exact) mass is 525 g/mol. The molecule has 4 nitrogen and oxygen atoms in total. The Labute approximate surface area is 234 Å². The summed E-state index contributed by atoms with van der Waals surface area (Å²) in [7, 11) is 3.69. The van der Waals surface area contributed by atoms with Crippen LogP contribution in [-0.4, -0.2) is 34.8 Å². The van der Waals surface area contributed by atoms with Gasteiger partial charge in [-0.2, -0.15) is 4.58 Å². The third kappa shape index (κ3) is 3.60. The first-order valence-electron chi connectivity index (χ1n) is 13.5. The quantitative estimate of drug-likeness (QED) is 0.241. The van der Waals surface area contributed by atoms with Crippen molar-refractivity contribution < 1.29 is 14.1 Å². The highest BCUT2D eigenvalue weighted by atomic mass is 16.5. The number of benzene rings is 3. The average Bonchev–Trinajstić information content (AvgIpc) is 3.40. The first-order valence-corrected chi connectivity index (χ1v) is 13.5. The van der Waals surface area contributed by atoms with E-state index in [1.54, 1.807) is 13.2 Å². The van der Waals surface area contributed by atoms with Gasteiger partial charge in [0.05, 0.1) is 29.2 Å². The van der Waals surface area contributed by atoms with E-state index in [0.717, 1.165) is 44.0 Å². The van der Waals surface area contributed by atoms with E-state index >= 15 is 0 Å². The zero-order valence-corrected chi connectivity index (χ0v) is 23.7. The van der Waals surface area contributed by atoms with Gasteiger partial charge in [0.25, 0.3) is 0 Å². The van der Waals surface area contributed by atoms with Crippen LogP contribution in [-0.2, 0) is 14.9 Å². The Morgan fingerprint density at radius 1 is 1.02 bits per heavy atom. The minimum Gasteiger partial charge on any atom is -0.495 e. The Balaban J connectivity index is 1.51. The molecular formula is C36H33N2O2+. The molecule has 0 saturated carbocycles. The lowest BCUT2D eigenvalue weighted by molar-refractivity contribution is -0.401. The minimum atomic E-state index is -0.351. The maximum absolute atomic E-state index is 13.9. The van der Waals surface area contributed by atoms with E-state index in [1.165, 1.54) is 11.1 Å². The highest BCUT2D eigenvalue weighted by Crippen LogP contribution is 2.44. The number of carbonyl (C=O) groups is 1. The zero-order valence-electron chi connectivity index (χ0n) is 23.7. The van der Waals surface area contributed by atoms with Gasteiger partial charge in [-0.1, -0.05) is 61.2 Å². The van der Waals surface area contributed by atoms with Crippen LogP contribution >= 0.6 is 0 Å². The number of methoxy groups -OCH3 is 1. The van der Waals surface area contributed by atoms with Gasteiger partial charge in [0, 0.05) is 40.5 Å². The molecule has 2 heterocycles. The van der Waals surface area contributed by atoms with Crippen LogP contribution in [0.4, 0.5) is 5.69 Å². The van der Waals surface area contributed by atoms with Crippen LogP contribution in [0.25, 0.3) is 34.8 Å². The number of ketones is 1. The molecule has 0 saturated heterocycles. The Morgan fingerprint density at radius 3 is 2.45 bits per heavy atom. The summed E-state index contributed by atoms with van der Waals surface area (Å²) in [5.41, 5.74) is 8.37. The van der Waals surface area contributed by atoms with E-state index in [1.807, 2.05) is 30.4 Å². The molecule has 2 aliphatic rings. The van der Waals surface area contributed by atoms with Crippen molar-refractivity contribution in [3.05, 3.63) is 124 Å². The van der Waals surface area contributed by atoms with Crippen molar-refractivity contribution >= 4 is 46.3 Å². The Hall–Kier alpha value is -4.70. The molecule has 0 fully saturated rings. The van der Waals surface area contributed by atoms with E-state index in [-0.39, 0.29) is 11.2 Å². The van der Waals surface area contributed by atoms with Crippen molar-refractivity contribution in [1.29, 1.82) is 0 Å². The van der Waals surface area contributed by atoms with Crippen LogP contribution in [0.1, 0.15) is 30.5 Å². The number of rotatable bonds is 5. The molecule has 0 bridgehead atoms. The number of Topliss-reactive ketones (excluding diaryl/α,β-unsaturated/α-hetero) is 1. The van der Waals surface area contributed by atoms with E-state index in [4.69, 9.17) is 4.74 Å². The second-order valence-electron chi connectivity index (χ2n) is 11.1. The number of carbonyl (C=O) groups excluding carboxylic acids is 1. The topological polar surface area (TPSA) is 34.2 Å². The Kier molecular flexibility index (Phi) is 5.88. The molecule has 1 aromatic heterocycles. The average molecular weight is 526 g/mol. The number of aryl methyl sites for hydroxylation is 1. The van der Waals surface area contributed by atoms with E-state index < -0.39 is 0 Å². The fraction of sp³-hybridized carbons (Fsp3) is 0.167. The number of hydrogen-bond acceptors (Lipinski definition) is 2. The van der Waals surface area contributed by atoms with Crippen LogP contribution in [0.5, 0.6) is 0 Å². The zero-order chi connectivity index (χ0) is 28.3. The molecule has 4 heteroatoms. The molecule has 0 radical (unpaired) electrons. The number of aromatic nitrogens is 1. The molecule has 0 atom stereocenters. The standard InChI is InChI=1S/C36H33N2O2/c1-8-11-25-23(3)16-19-30-33(25)36(4,5)31(37(30)6)20-27-34(39)32(35(27)40-7)28-21-38(24-17-14-22(2)15-18-24)29-13-10-9-12-26(28)29/h8-21H,1,3H2,2,4-7H3/q+1/b25-11+. The molecule has 0 N–H and O–H groups in total. The van der Waals surface area contributed by atoms with Crippen molar-refractivity contribution in [2.45, 2.75) is 26.2 Å². The summed E-state index contributed by atoms with van der Waals surface area (Å²) < 4.78 is 10.2. The summed E-state index contributed by atoms with van der Waals surface area (Å²) >= 11 is 0. The van der Waals surface area contributed by atoms with Gasteiger partial charge in [-0.3, -0.25) is 4.79 Å². The molecule has 198 valence electrons. The summed E-state index contributed by atoms with van der Waals surface area (Å²) in [5, 5.41) is 3.05. The fourth-order valence-corrected chi connectivity index (χ4v) is 6.29. The van der Waals surface area contributed by atoms with Gasteiger partial charge in [-0.05, 0) is 55.5 Å².